The van der Waals surface area contributed by atoms with Crippen LogP contribution in [-0.2, 0) is 13.1 Å². The fourth-order valence-corrected chi connectivity index (χ4v) is 4.08. The Bertz CT molecular complexity index is 1130. The number of primary amides is 1. The SMILES string of the molecule is CCn1ccnc1CN1CC[C@@H](n2cc(C(N)=O)c(Nc3ccc(F)cc3)n2)[C@@H](C#N)C1. The van der Waals surface area contributed by atoms with Crippen molar-refractivity contribution in [2.75, 3.05) is 18.4 Å². The highest BCUT2D eigenvalue weighted by molar-refractivity contribution is 5.98. The van der Waals surface area contributed by atoms with Gasteiger partial charge in [0.2, 0.25) is 0 Å². The number of nitrogens with two attached hydrogens (primary N) is 1. The first-order valence-corrected chi connectivity index (χ1v) is 10.5. The summed E-state index contributed by atoms with van der Waals surface area (Å²) >= 11 is 0. The number of nitrogens with zero attached hydrogens (tertiary/aromatic N) is 6. The number of hydrogen-bond acceptors (Lipinski definition) is 6. The molecule has 3 heterocycles. The molecule has 9 nitrogen and oxygen atoms in total. The molecule has 1 aliphatic heterocycles. The van der Waals surface area contributed by atoms with E-state index in [0.717, 1.165) is 18.9 Å². The molecular weight excluding hydrogens is 411 g/mol. The summed E-state index contributed by atoms with van der Waals surface area (Å²) < 4.78 is 16.9. The van der Waals surface area contributed by atoms with Gasteiger partial charge >= 0.3 is 0 Å². The maximum atomic E-state index is 13.2. The van der Waals surface area contributed by atoms with Gasteiger partial charge in [0.1, 0.15) is 17.2 Å². The second-order valence-corrected chi connectivity index (χ2v) is 7.82. The Kier molecular flexibility index (Phi) is 6.18. The molecule has 1 fully saturated rings. The number of rotatable bonds is 7. The third kappa shape index (κ3) is 4.48. The number of likely N-dealkylation sites (tertiary alicyclic amines) is 1. The highest BCUT2D eigenvalue weighted by Crippen LogP contribution is 2.30. The molecule has 1 saturated heterocycles. The zero-order valence-corrected chi connectivity index (χ0v) is 17.8. The van der Waals surface area contributed by atoms with E-state index in [1.165, 1.54) is 12.1 Å². The Balaban J connectivity index is 1.52. The van der Waals surface area contributed by atoms with Gasteiger partial charge in [-0.3, -0.25) is 14.4 Å². The van der Waals surface area contributed by atoms with Gasteiger partial charge in [-0.25, -0.2) is 9.37 Å². The molecule has 3 aromatic rings. The molecule has 0 saturated carbocycles. The maximum Gasteiger partial charge on any atom is 0.254 e. The topological polar surface area (TPSA) is 118 Å². The number of nitrogens with one attached hydrogen (secondary N) is 1. The van der Waals surface area contributed by atoms with Crippen LogP contribution in [0, 0.1) is 23.1 Å². The molecule has 0 radical (unpaired) electrons. The van der Waals surface area contributed by atoms with E-state index in [1.54, 1.807) is 29.2 Å². The quantitative estimate of drug-likeness (QED) is 0.588. The van der Waals surface area contributed by atoms with Gasteiger partial charge in [-0.05, 0) is 37.6 Å². The molecule has 3 N–H and O–H groups in total. The van der Waals surface area contributed by atoms with Gasteiger partial charge in [-0.1, -0.05) is 0 Å². The van der Waals surface area contributed by atoms with Crippen LogP contribution in [0.25, 0.3) is 0 Å². The summed E-state index contributed by atoms with van der Waals surface area (Å²) in [6.07, 6.45) is 6.02. The lowest BCUT2D eigenvalue weighted by atomic mass is 9.93. The number of imidazole rings is 1. The Morgan fingerprint density at radius 1 is 1.38 bits per heavy atom. The van der Waals surface area contributed by atoms with Gasteiger partial charge in [-0.2, -0.15) is 10.4 Å². The molecule has 2 aromatic heterocycles. The van der Waals surface area contributed by atoms with Crippen molar-refractivity contribution in [1.82, 2.24) is 24.2 Å². The van der Waals surface area contributed by atoms with E-state index in [-0.39, 0.29) is 29.2 Å². The smallest absolute Gasteiger partial charge is 0.254 e. The fourth-order valence-electron chi connectivity index (χ4n) is 4.08. The van der Waals surface area contributed by atoms with E-state index in [9.17, 15) is 14.4 Å². The molecule has 1 amide bonds. The number of amides is 1. The molecule has 4 rings (SSSR count). The maximum absolute atomic E-state index is 13.2. The number of halogens is 1. The van der Waals surface area contributed by atoms with Gasteiger partial charge in [0.25, 0.3) is 5.91 Å². The van der Waals surface area contributed by atoms with Gasteiger partial charge in [0.15, 0.2) is 5.82 Å². The van der Waals surface area contributed by atoms with Crippen LogP contribution in [0.1, 0.15) is 35.6 Å². The number of aromatic nitrogens is 4. The number of nitriles is 1. The average Bonchev–Trinajstić information content (AvgIpc) is 3.42. The van der Waals surface area contributed by atoms with Crippen molar-refractivity contribution in [2.45, 2.75) is 32.5 Å². The first-order chi connectivity index (χ1) is 15.5. The summed E-state index contributed by atoms with van der Waals surface area (Å²) in [5, 5.41) is 17.4. The molecule has 32 heavy (non-hydrogen) atoms. The van der Waals surface area contributed by atoms with Crippen LogP contribution in [0.5, 0.6) is 0 Å². The number of hydrogen-bond donors (Lipinski definition) is 2. The standard InChI is InChI=1S/C22H25FN8O/c1-2-30-10-8-26-20(30)14-29-9-7-19(15(11-24)12-29)31-13-18(21(25)32)22(28-31)27-17-5-3-16(23)4-6-17/h3-6,8,10,13,15,19H,2,7,9,12,14H2,1H3,(H2,25,32)(H,27,28)/t15-,19+/m0/s1. The molecule has 0 spiro atoms. The summed E-state index contributed by atoms with van der Waals surface area (Å²) in [7, 11) is 0. The number of piperidine rings is 1. The summed E-state index contributed by atoms with van der Waals surface area (Å²) in [6.45, 7) is 4.94. The van der Waals surface area contributed by atoms with Crippen LogP contribution in [0.3, 0.4) is 0 Å². The van der Waals surface area contributed by atoms with Crippen LogP contribution in [-0.4, -0.2) is 43.2 Å². The molecule has 0 bridgehead atoms. The Morgan fingerprint density at radius 2 is 2.16 bits per heavy atom. The van der Waals surface area contributed by atoms with Crippen LogP contribution >= 0.6 is 0 Å². The summed E-state index contributed by atoms with van der Waals surface area (Å²) in [6, 6.07) is 7.94. The van der Waals surface area contributed by atoms with Crippen LogP contribution in [0.2, 0.25) is 0 Å². The third-order valence-electron chi connectivity index (χ3n) is 5.78. The van der Waals surface area contributed by atoms with Crippen molar-refractivity contribution < 1.29 is 9.18 Å². The molecule has 2 atom stereocenters. The van der Waals surface area contributed by atoms with Crippen LogP contribution in [0.4, 0.5) is 15.9 Å². The number of carbonyl (C=O) groups is 1. The largest absolute Gasteiger partial charge is 0.365 e. The number of benzene rings is 1. The van der Waals surface area contributed by atoms with Gasteiger partial charge in [0, 0.05) is 43.9 Å². The van der Waals surface area contributed by atoms with E-state index in [2.05, 4.69) is 37.9 Å². The van der Waals surface area contributed by atoms with Gasteiger partial charge in [-0.15, -0.1) is 0 Å². The lowest BCUT2D eigenvalue weighted by Gasteiger charge is -2.35. The van der Waals surface area contributed by atoms with Gasteiger partial charge in [0.05, 0.1) is 24.6 Å². The van der Waals surface area contributed by atoms with Crippen molar-refractivity contribution in [1.29, 1.82) is 5.26 Å². The highest BCUT2D eigenvalue weighted by atomic mass is 19.1. The van der Waals surface area contributed by atoms with E-state index < -0.39 is 5.91 Å². The first kappa shape index (κ1) is 21.5. The Morgan fingerprint density at radius 3 is 2.84 bits per heavy atom. The van der Waals surface area contributed by atoms with E-state index in [0.29, 0.717) is 25.2 Å². The first-order valence-electron chi connectivity index (χ1n) is 10.5. The van der Waals surface area contributed by atoms with Crippen molar-refractivity contribution in [3.8, 4) is 6.07 Å². The minimum atomic E-state index is -0.627. The molecule has 0 aliphatic carbocycles. The van der Waals surface area contributed by atoms with E-state index in [1.807, 2.05) is 6.20 Å². The normalized spacial score (nSPS) is 18.9. The molecular formula is C22H25FN8O. The van der Waals surface area contributed by atoms with E-state index >= 15 is 0 Å². The number of aryl methyl sites for hydroxylation is 1. The minimum absolute atomic E-state index is 0.191. The molecule has 166 valence electrons. The number of carbonyl (C=O) groups excluding carboxylic acids is 1. The lowest BCUT2D eigenvalue weighted by Crippen LogP contribution is -2.41. The minimum Gasteiger partial charge on any atom is -0.365 e. The number of anilines is 2. The second-order valence-electron chi connectivity index (χ2n) is 7.82. The predicted octanol–water partition coefficient (Wildman–Crippen LogP) is 2.67. The van der Waals surface area contributed by atoms with Crippen LogP contribution < -0.4 is 11.1 Å². The zero-order chi connectivity index (χ0) is 22.7. The lowest BCUT2D eigenvalue weighted by molar-refractivity contribution is 0.1000. The molecule has 1 aliphatic rings. The fraction of sp³-hybridized carbons (Fsp3) is 0.364. The monoisotopic (exact) mass is 436 g/mol. The van der Waals surface area contributed by atoms with Gasteiger partial charge < -0.3 is 15.6 Å². The Labute approximate surface area is 185 Å². The molecule has 10 heteroatoms. The average molecular weight is 436 g/mol. The predicted molar refractivity (Wildman–Crippen MR) is 116 cm³/mol. The van der Waals surface area contributed by atoms with Crippen molar-refractivity contribution in [3.63, 3.8) is 0 Å². The molecule has 1 aromatic carbocycles. The summed E-state index contributed by atoms with van der Waals surface area (Å²) in [5.74, 6) is -0.0377. The summed E-state index contributed by atoms with van der Waals surface area (Å²) in [4.78, 5) is 18.6. The molecule has 0 unspecified atom stereocenters. The highest BCUT2D eigenvalue weighted by Gasteiger charge is 2.32. The Hall–Kier alpha value is -3.71. The second kappa shape index (κ2) is 9.20. The van der Waals surface area contributed by atoms with Crippen molar-refractivity contribution >= 4 is 17.4 Å². The summed E-state index contributed by atoms with van der Waals surface area (Å²) in [5.41, 5.74) is 6.35. The van der Waals surface area contributed by atoms with Crippen LogP contribution in [0.15, 0.2) is 42.9 Å². The van der Waals surface area contributed by atoms with Crippen molar-refractivity contribution in [3.05, 3.63) is 60.1 Å². The zero-order valence-electron chi connectivity index (χ0n) is 17.8. The van der Waals surface area contributed by atoms with Crippen molar-refractivity contribution in [2.24, 2.45) is 11.7 Å². The third-order valence-corrected chi connectivity index (χ3v) is 5.78. The van der Waals surface area contributed by atoms with E-state index in [4.69, 9.17) is 5.73 Å².